The van der Waals surface area contributed by atoms with Crippen LogP contribution in [0.1, 0.15) is 43.4 Å². The van der Waals surface area contributed by atoms with Crippen molar-refractivity contribution >= 4 is 23.7 Å². The highest BCUT2D eigenvalue weighted by molar-refractivity contribution is 5.93. The molecule has 3 aromatic rings. The van der Waals surface area contributed by atoms with E-state index in [-0.39, 0.29) is 31.4 Å². The van der Waals surface area contributed by atoms with E-state index in [4.69, 9.17) is 9.47 Å². The lowest BCUT2D eigenvalue weighted by Gasteiger charge is -2.28. The smallest absolute Gasteiger partial charge is 0.329 e. The molecule has 48 heavy (non-hydrogen) atoms. The van der Waals surface area contributed by atoms with Gasteiger partial charge in [0.15, 0.2) is 0 Å². The molecule has 3 atom stereocenters. The first-order chi connectivity index (χ1) is 23.3. The molecule has 1 aliphatic rings. The van der Waals surface area contributed by atoms with E-state index in [0.29, 0.717) is 45.6 Å². The van der Waals surface area contributed by atoms with Crippen LogP contribution in [0, 0.1) is 5.92 Å². The largest absolute Gasteiger partial charge is 0.459 e. The van der Waals surface area contributed by atoms with Crippen LogP contribution in [0.3, 0.4) is 0 Å². The van der Waals surface area contributed by atoms with Gasteiger partial charge in [-0.3, -0.25) is 19.3 Å². The van der Waals surface area contributed by atoms with Gasteiger partial charge in [-0.25, -0.2) is 4.79 Å². The monoisotopic (exact) mass is 656 g/mol. The molecule has 10 heteroatoms. The zero-order valence-electron chi connectivity index (χ0n) is 27.9. The number of aryl methyl sites for hydroxylation is 1. The predicted molar refractivity (Wildman–Crippen MR) is 184 cm³/mol. The Morgan fingerprint density at radius 1 is 0.708 bits per heavy atom. The number of amides is 3. The quantitative estimate of drug-likeness (QED) is 0.190. The molecule has 0 radical (unpaired) electrons. The van der Waals surface area contributed by atoms with Gasteiger partial charge in [0.1, 0.15) is 24.7 Å². The Balaban J connectivity index is 1.46. The summed E-state index contributed by atoms with van der Waals surface area (Å²) in [4.78, 5) is 56.1. The van der Waals surface area contributed by atoms with E-state index in [0.717, 1.165) is 16.7 Å². The number of hydrogen-bond donors (Lipinski definition) is 3. The van der Waals surface area contributed by atoms with E-state index in [9.17, 15) is 19.2 Å². The molecule has 0 bridgehead atoms. The van der Waals surface area contributed by atoms with Gasteiger partial charge in [-0.15, -0.1) is 0 Å². The molecule has 1 unspecified atom stereocenters. The number of esters is 1. The molecule has 1 saturated heterocycles. The zero-order chi connectivity index (χ0) is 34.1. The van der Waals surface area contributed by atoms with Crippen LogP contribution in [-0.4, -0.2) is 79.6 Å². The van der Waals surface area contributed by atoms with Gasteiger partial charge in [-0.2, -0.15) is 0 Å². The summed E-state index contributed by atoms with van der Waals surface area (Å²) in [6.45, 7) is 6.54. The summed E-state index contributed by atoms with van der Waals surface area (Å²) in [6, 6.07) is 25.7. The molecule has 3 amide bonds. The lowest BCUT2D eigenvalue weighted by molar-refractivity contribution is -0.149. The van der Waals surface area contributed by atoms with Crippen molar-refractivity contribution in [1.82, 2.24) is 20.9 Å². The summed E-state index contributed by atoms with van der Waals surface area (Å²) in [6.07, 6.45) is 1.47. The van der Waals surface area contributed by atoms with Crippen LogP contribution in [0.15, 0.2) is 91.0 Å². The van der Waals surface area contributed by atoms with Crippen molar-refractivity contribution in [1.29, 1.82) is 0 Å². The van der Waals surface area contributed by atoms with Crippen molar-refractivity contribution in [2.75, 3.05) is 32.8 Å². The maximum absolute atomic E-state index is 13.8. The third-order valence-corrected chi connectivity index (χ3v) is 8.13. The van der Waals surface area contributed by atoms with Crippen molar-refractivity contribution in [3.05, 3.63) is 108 Å². The number of rotatable bonds is 17. The number of carbonyl (C=O) groups excluding carboxylic acids is 4. The summed E-state index contributed by atoms with van der Waals surface area (Å²) in [5.41, 5.74) is 2.72. The molecule has 0 spiro atoms. The first-order valence-corrected chi connectivity index (χ1v) is 16.8. The Morgan fingerprint density at radius 2 is 1.25 bits per heavy atom. The van der Waals surface area contributed by atoms with Gasteiger partial charge < -0.3 is 25.4 Å². The molecule has 4 rings (SSSR count). The number of ether oxygens (including phenoxy) is 2. The highest BCUT2D eigenvalue weighted by Gasteiger charge is 2.31. The summed E-state index contributed by atoms with van der Waals surface area (Å²) < 4.78 is 11.0. The molecule has 1 fully saturated rings. The predicted octanol–water partition coefficient (Wildman–Crippen LogP) is 3.44. The van der Waals surface area contributed by atoms with Crippen molar-refractivity contribution in [2.24, 2.45) is 5.92 Å². The van der Waals surface area contributed by atoms with Crippen molar-refractivity contribution in [2.45, 2.75) is 64.3 Å². The van der Waals surface area contributed by atoms with E-state index in [1.807, 2.05) is 110 Å². The van der Waals surface area contributed by atoms with Gasteiger partial charge >= 0.3 is 5.97 Å². The van der Waals surface area contributed by atoms with Gasteiger partial charge in [-0.1, -0.05) is 105 Å². The Hall–Kier alpha value is -4.54. The standard InChI is InChI=1S/C38H48N4O6/c1-28(2)24-33(37(45)41-34(25-30-14-8-4-9-15-30)38(46)48-27-31-16-10-5-11-17-31)40-36(44)32(19-18-29-12-6-3-7-13-29)39-35(43)26-42-20-22-47-23-21-42/h3-17,28,32-34H,18-27H2,1-2H3,(H,39,43)(H,40,44)(H,41,45)/t32-,33?,34-/m0/s1. The fourth-order valence-corrected chi connectivity index (χ4v) is 5.55. The van der Waals surface area contributed by atoms with Crippen LogP contribution >= 0.6 is 0 Å². The number of morpholine rings is 1. The molecule has 0 aliphatic carbocycles. The lowest BCUT2D eigenvalue weighted by atomic mass is 10.00. The molecule has 10 nitrogen and oxygen atoms in total. The van der Waals surface area contributed by atoms with E-state index >= 15 is 0 Å². The summed E-state index contributed by atoms with van der Waals surface area (Å²) in [5.74, 6) is -1.72. The molecule has 1 heterocycles. The van der Waals surface area contributed by atoms with Crippen LogP contribution in [0.5, 0.6) is 0 Å². The Bertz CT molecular complexity index is 1430. The van der Waals surface area contributed by atoms with E-state index < -0.39 is 35.9 Å². The lowest BCUT2D eigenvalue weighted by Crippen LogP contribution is -2.57. The third-order valence-electron chi connectivity index (χ3n) is 8.13. The minimum absolute atomic E-state index is 0.0531. The number of carbonyl (C=O) groups is 4. The molecule has 3 N–H and O–H groups in total. The van der Waals surface area contributed by atoms with Crippen LogP contribution in [0.25, 0.3) is 0 Å². The Morgan fingerprint density at radius 3 is 1.85 bits per heavy atom. The molecule has 3 aromatic carbocycles. The number of nitrogens with one attached hydrogen (secondary N) is 3. The van der Waals surface area contributed by atoms with Gasteiger partial charge in [0.05, 0.1) is 19.8 Å². The number of nitrogens with zero attached hydrogens (tertiary/aromatic N) is 1. The SMILES string of the molecule is CC(C)CC(NC(=O)[C@H](CCc1ccccc1)NC(=O)CN1CCOCC1)C(=O)N[C@@H](Cc1ccccc1)C(=O)OCc1ccccc1. The molecular formula is C38H48N4O6. The highest BCUT2D eigenvalue weighted by Crippen LogP contribution is 2.12. The van der Waals surface area contributed by atoms with Crippen molar-refractivity contribution < 1.29 is 28.7 Å². The second-order valence-corrected chi connectivity index (χ2v) is 12.6. The Labute approximate surface area is 283 Å². The van der Waals surface area contributed by atoms with Gasteiger partial charge in [0.25, 0.3) is 0 Å². The topological polar surface area (TPSA) is 126 Å². The second-order valence-electron chi connectivity index (χ2n) is 12.6. The molecule has 0 saturated carbocycles. The highest BCUT2D eigenvalue weighted by atomic mass is 16.5. The van der Waals surface area contributed by atoms with Crippen molar-refractivity contribution in [3.63, 3.8) is 0 Å². The molecular weight excluding hydrogens is 608 g/mol. The average Bonchev–Trinajstić information content (AvgIpc) is 3.10. The summed E-state index contributed by atoms with van der Waals surface area (Å²) in [7, 11) is 0. The van der Waals surface area contributed by atoms with E-state index in [1.165, 1.54) is 0 Å². The minimum atomic E-state index is -0.975. The molecule has 0 aromatic heterocycles. The maximum atomic E-state index is 13.8. The minimum Gasteiger partial charge on any atom is -0.459 e. The normalized spacial score (nSPS) is 15.1. The molecule has 1 aliphatic heterocycles. The second kappa shape index (κ2) is 19.3. The van der Waals surface area contributed by atoms with E-state index in [1.54, 1.807) is 0 Å². The fraction of sp³-hybridized carbons (Fsp3) is 0.421. The first-order valence-electron chi connectivity index (χ1n) is 16.8. The van der Waals surface area contributed by atoms with Gasteiger partial charge in [-0.05, 0) is 41.9 Å². The fourth-order valence-electron chi connectivity index (χ4n) is 5.55. The number of hydrogen-bond acceptors (Lipinski definition) is 7. The van der Waals surface area contributed by atoms with Crippen molar-refractivity contribution in [3.8, 4) is 0 Å². The average molecular weight is 657 g/mol. The third kappa shape index (κ3) is 12.6. The van der Waals surface area contributed by atoms with Crippen LogP contribution in [0.2, 0.25) is 0 Å². The first kappa shape index (κ1) is 36.3. The molecule has 256 valence electrons. The number of benzene rings is 3. The summed E-state index contributed by atoms with van der Waals surface area (Å²) >= 11 is 0. The van der Waals surface area contributed by atoms with E-state index in [2.05, 4.69) is 16.0 Å². The van der Waals surface area contributed by atoms with Crippen LogP contribution in [-0.2, 0) is 48.1 Å². The van der Waals surface area contributed by atoms with Crippen LogP contribution in [0.4, 0.5) is 0 Å². The maximum Gasteiger partial charge on any atom is 0.329 e. The van der Waals surface area contributed by atoms with Gasteiger partial charge in [0, 0.05) is 19.5 Å². The Kier molecular flexibility index (Phi) is 14.6. The van der Waals surface area contributed by atoms with Crippen LogP contribution < -0.4 is 16.0 Å². The zero-order valence-corrected chi connectivity index (χ0v) is 27.9. The van der Waals surface area contributed by atoms with Gasteiger partial charge in [0.2, 0.25) is 17.7 Å². The summed E-state index contributed by atoms with van der Waals surface area (Å²) in [5, 5.41) is 8.69.